The number of hydrogen-bond acceptors (Lipinski definition) is 5. The number of rotatable bonds is 5. The quantitative estimate of drug-likeness (QED) is 0.512. The van der Waals surface area contributed by atoms with Gasteiger partial charge in [-0.1, -0.05) is 24.9 Å². The number of nitrogens with zero attached hydrogens (tertiary/aromatic N) is 2. The average Bonchev–Trinajstić information content (AvgIpc) is 2.48. The number of carbonyl (C=O) groups excluding carboxylic acids is 1. The molecule has 1 heterocycles. The highest BCUT2D eigenvalue weighted by atomic mass is 35.5. The van der Waals surface area contributed by atoms with Crippen LogP contribution in [0.5, 0.6) is 0 Å². The Morgan fingerprint density at radius 2 is 2.00 bits per heavy atom. The molecule has 1 saturated heterocycles. The predicted molar refractivity (Wildman–Crippen MR) is 90.8 cm³/mol. The van der Waals surface area contributed by atoms with Gasteiger partial charge in [0.05, 0.1) is 28.6 Å². The molecule has 0 spiro atoms. The highest BCUT2D eigenvalue weighted by Gasteiger charge is 2.21. The highest BCUT2D eigenvalue weighted by Crippen LogP contribution is 2.34. The predicted octanol–water partition coefficient (Wildman–Crippen LogP) is 2.63. The van der Waals surface area contributed by atoms with Gasteiger partial charge in [0.15, 0.2) is 0 Å². The van der Waals surface area contributed by atoms with Gasteiger partial charge >= 0.3 is 5.97 Å². The van der Waals surface area contributed by atoms with E-state index in [0.717, 1.165) is 44.7 Å². The smallest absolute Gasteiger partial charge is 0.338 e. The third-order valence-electron chi connectivity index (χ3n) is 3.88. The van der Waals surface area contributed by atoms with E-state index in [4.69, 9.17) is 22.1 Å². The summed E-state index contributed by atoms with van der Waals surface area (Å²) in [5.74, 6) is -0.369. The number of esters is 1. The highest BCUT2D eigenvalue weighted by molar-refractivity contribution is 6.34. The number of nitrogens with two attached hydrogens (primary N) is 1. The van der Waals surface area contributed by atoms with E-state index in [-0.39, 0.29) is 5.97 Å². The van der Waals surface area contributed by atoms with Crippen molar-refractivity contribution in [3.63, 3.8) is 0 Å². The Morgan fingerprint density at radius 1 is 1.32 bits per heavy atom. The minimum Gasteiger partial charge on any atom is -0.462 e. The van der Waals surface area contributed by atoms with Gasteiger partial charge in [0, 0.05) is 26.2 Å². The summed E-state index contributed by atoms with van der Waals surface area (Å²) in [7, 11) is 2.09. The fourth-order valence-electron chi connectivity index (χ4n) is 2.49. The monoisotopic (exact) mass is 325 g/mol. The number of unbranched alkanes of at least 4 members (excludes halogenated alkanes) is 1. The van der Waals surface area contributed by atoms with Gasteiger partial charge in [-0.05, 0) is 25.6 Å². The van der Waals surface area contributed by atoms with Crippen LogP contribution in [-0.2, 0) is 4.74 Å². The largest absolute Gasteiger partial charge is 0.462 e. The van der Waals surface area contributed by atoms with Gasteiger partial charge in [-0.3, -0.25) is 0 Å². The number of likely N-dealkylation sites (N-methyl/N-ethyl adjacent to an activating group) is 1. The molecule has 0 atom stereocenters. The summed E-state index contributed by atoms with van der Waals surface area (Å²) in [6.07, 6.45) is 1.84. The second kappa shape index (κ2) is 7.70. The Bertz CT molecular complexity index is 505. The number of halogens is 1. The maximum absolute atomic E-state index is 12.0. The lowest BCUT2D eigenvalue weighted by Gasteiger charge is -2.35. The van der Waals surface area contributed by atoms with Crippen LogP contribution in [0.1, 0.15) is 30.1 Å². The SMILES string of the molecule is CCCCOC(=O)c1cc(N)c(N2CCN(C)CC2)c(Cl)c1. The van der Waals surface area contributed by atoms with Crippen molar-refractivity contribution in [2.45, 2.75) is 19.8 Å². The molecule has 2 N–H and O–H groups in total. The van der Waals surface area contributed by atoms with Crippen molar-refractivity contribution < 1.29 is 9.53 Å². The molecular formula is C16H24ClN3O2. The van der Waals surface area contributed by atoms with Crippen molar-refractivity contribution >= 4 is 28.9 Å². The minimum absolute atomic E-state index is 0.369. The van der Waals surface area contributed by atoms with E-state index in [0.29, 0.717) is 22.9 Å². The average molecular weight is 326 g/mol. The number of nitrogen functional groups attached to an aromatic ring is 1. The molecule has 0 aromatic heterocycles. The van der Waals surface area contributed by atoms with Crippen molar-refractivity contribution in [3.8, 4) is 0 Å². The molecule has 6 heteroatoms. The summed E-state index contributed by atoms with van der Waals surface area (Å²) in [6.45, 7) is 6.16. The number of anilines is 2. The summed E-state index contributed by atoms with van der Waals surface area (Å²) in [4.78, 5) is 16.4. The molecule has 0 unspecified atom stereocenters. The third kappa shape index (κ3) is 4.05. The molecule has 0 saturated carbocycles. The van der Waals surface area contributed by atoms with Gasteiger partial charge in [0.2, 0.25) is 0 Å². The van der Waals surface area contributed by atoms with Crippen LogP contribution in [0.2, 0.25) is 5.02 Å². The summed E-state index contributed by atoms with van der Waals surface area (Å²) in [5, 5.41) is 0.506. The lowest BCUT2D eigenvalue weighted by atomic mass is 10.1. The van der Waals surface area contributed by atoms with Crippen LogP contribution in [0.3, 0.4) is 0 Å². The first kappa shape index (κ1) is 16.9. The van der Waals surface area contributed by atoms with Gasteiger partial charge in [0.25, 0.3) is 0 Å². The van der Waals surface area contributed by atoms with Crippen LogP contribution in [0, 0.1) is 0 Å². The Kier molecular flexibility index (Phi) is 5.91. The van der Waals surface area contributed by atoms with Crippen LogP contribution >= 0.6 is 11.6 Å². The van der Waals surface area contributed by atoms with E-state index >= 15 is 0 Å². The lowest BCUT2D eigenvalue weighted by Crippen LogP contribution is -2.44. The Balaban J connectivity index is 2.12. The summed E-state index contributed by atoms with van der Waals surface area (Å²) < 4.78 is 5.20. The molecule has 1 aliphatic rings. The molecule has 5 nitrogen and oxygen atoms in total. The number of ether oxygens (including phenoxy) is 1. The zero-order chi connectivity index (χ0) is 16.1. The molecule has 0 bridgehead atoms. The van der Waals surface area contributed by atoms with E-state index < -0.39 is 0 Å². The second-order valence-corrected chi connectivity index (χ2v) is 6.08. The second-order valence-electron chi connectivity index (χ2n) is 5.68. The molecule has 1 aromatic rings. The number of hydrogen-bond donors (Lipinski definition) is 1. The molecule has 0 radical (unpaired) electrons. The van der Waals surface area contributed by atoms with Gasteiger partial charge < -0.3 is 20.3 Å². The van der Waals surface area contributed by atoms with E-state index in [1.165, 1.54) is 0 Å². The van der Waals surface area contributed by atoms with Crippen LogP contribution in [0.15, 0.2) is 12.1 Å². The fourth-order valence-corrected chi connectivity index (χ4v) is 2.84. The van der Waals surface area contributed by atoms with Gasteiger partial charge in [0.1, 0.15) is 0 Å². The van der Waals surface area contributed by atoms with Crippen molar-refractivity contribution in [3.05, 3.63) is 22.7 Å². The van der Waals surface area contributed by atoms with E-state index in [1.807, 2.05) is 6.92 Å². The van der Waals surface area contributed by atoms with Crippen LogP contribution in [-0.4, -0.2) is 50.7 Å². The zero-order valence-corrected chi connectivity index (χ0v) is 14.0. The minimum atomic E-state index is -0.369. The number of carbonyl (C=O) groups is 1. The number of piperazine rings is 1. The third-order valence-corrected chi connectivity index (χ3v) is 4.17. The molecule has 122 valence electrons. The van der Waals surface area contributed by atoms with E-state index in [2.05, 4.69) is 16.8 Å². The topological polar surface area (TPSA) is 58.8 Å². The van der Waals surface area contributed by atoms with Crippen molar-refractivity contribution in [2.75, 3.05) is 50.5 Å². The Hall–Kier alpha value is -1.46. The molecule has 1 fully saturated rings. The zero-order valence-electron chi connectivity index (χ0n) is 13.3. The van der Waals surface area contributed by atoms with E-state index in [9.17, 15) is 4.79 Å². The van der Waals surface area contributed by atoms with Crippen molar-refractivity contribution in [1.29, 1.82) is 0 Å². The van der Waals surface area contributed by atoms with Gasteiger partial charge in [-0.2, -0.15) is 0 Å². The summed E-state index contributed by atoms with van der Waals surface area (Å²) in [5.41, 5.74) is 7.89. The molecule has 1 aromatic carbocycles. The first-order valence-corrected chi connectivity index (χ1v) is 8.10. The molecule has 1 aliphatic heterocycles. The first-order valence-electron chi connectivity index (χ1n) is 7.72. The van der Waals surface area contributed by atoms with Gasteiger partial charge in [-0.25, -0.2) is 4.79 Å². The van der Waals surface area contributed by atoms with Crippen LogP contribution < -0.4 is 10.6 Å². The van der Waals surface area contributed by atoms with Crippen LogP contribution in [0.4, 0.5) is 11.4 Å². The molecule has 22 heavy (non-hydrogen) atoms. The normalized spacial score (nSPS) is 15.9. The molecular weight excluding hydrogens is 302 g/mol. The fraction of sp³-hybridized carbons (Fsp3) is 0.562. The first-order chi connectivity index (χ1) is 10.5. The van der Waals surface area contributed by atoms with Gasteiger partial charge in [-0.15, -0.1) is 0 Å². The number of benzene rings is 1. The van der Waals surface area contributed by atoms with Crippen LogP contribution in [0.25, 0.3) is 0 Å². The summed E-state index contributed by atoms with van der Waals surface area (Å²) in [6, 6.07) is 3.31. The molecule has 0 amide bonds. The summed E-state index contributed by atoms with van der Waals surface area (Å²) >= 11 is 6.37. The Morgan fingerprint density at radius 3 is 2.59 bits per heavy atom. The maximum atomic E-state index is 12.0. The molecule has 2 rings (SSSR count). The van der Waals surface area contributed by atoms with E-state index in [1.54, 1.807) is 12.1 Å². The Labute approximate surface area is 137 Å². The standard InChI is InChI=1S/C16H24ClN3O2/c1-3-4-9-22-16(21)12-10-13(17)15(14(18)11-12)20-7-5-19(2)6-8-20/h10-11H,3-9,18H2,1-2H3. The molecule has 0 aliphatic carbocycles. The maximum Gasteiger partial charge on any atom is 0.338 e. The van der Waals surface area contributed by atoms with Crippen molar-refractivity contribution in [1.82, 2.24) is 4.90 Å². The lowest BCUT2D eigenvalue weighted by molar-refractivity contribution is 0.0500. The van der Waals surface area contributed by atoms with Crippen molar-refractivity contribution in [2.24, 2.45) is 0 Å².